The Labute approximate surface area is 158 Å². The van der Waals surface area contributed by atoms with Crippen molar-refractivity contribution in [2.45, 2.75) is 24.9 Å². The molecule has 142 valence electrons. The summed E-state index contributed by atoms with van der Waals surface area (Å²) in [6, 6.07) is 13.2. The van der Waals surface area contributed by atoms with Crippen LogP contribution in [0.3, 0.4) is 0 Å². The zero-order chi connectivity index (χ0) is 18.6. The molecule has 7 heteroatoms. The van der Waals surface area contributed by atoms with Crippen LogP contribution in [0.1, 0.15) is 23.8 Å². The summed E-state index contributed by atoms with van der Waals surface area (Å²) in [7, 11) is 0. The van der Waals surface area contributed by atoms with Gasteiger partial charge in [-0.3, -0.25) is 9.59 Å². The van der Waals surface area contributed by atoms with Crippen LogP contribution < -0.4 is 10.9 Å². The van der Waals surface area contributed by atoms with Gasteiger partial charge in [0, 0.05) is 26.2 Å². The zero-order valence-corrected chi connectivity index (χ0v) is 15.1. The minimum Gasteiger partial charge on any atom is -0.468 e. The van der Waals surface area contributed by atoms with Crippen molar-refractivity contribution in [3.8, 4) is 0 Å². The van der Waals surface area contributed by atoms with E-state index in [1.54, 1.807) is 6.26 Å². The van der Waals surface area contributed by atoms with Crippen molar-refractivity contribution in [2.75, 3.05) is 26.2 Å². The number of carbonyl (C=O) groups is 2. The number of hydrogen-bond donors (Lipinski definition) is 2. The molecule has 4 rings (SSSR count). The van der Waals surface area contributed by atoms with Crippen LogP contribution in [0.15, 0.2) is 53.1 Å². The maximum absolute atomic E-state index is 12.8. The summed E-state index contributed by atoms with van der Waals surface area (Å²) in [4.78, 5) is 28.9. The van der Waals surface area contributed by atoms with Gasteiger partial charge in [0.25, 0.3) is 0 Å². The zero-order valence-electron chi connectivity index (χ0n) is 15.1. The third-order valence-corrected chi connectivity index (χ3v) is 5.23. The second-order valence-corrected chi connectivity index (χ2v) is 7.01. The van der Waals surface area contributed by atoms with Crippen molar-refractivity contribution in [3.05, 3.63) is 60.1 Å². The Morgan fingerprint density at radius 3 is 2.41 bits per heavy atom. The predicted molar refractivity (Wildman–Crippen MR) is 99.4 cm³/mol. The van der Waals surface area contributed by atoms with E-state index in [4.69, 9.17) is 4.42 Å². The van der Waals surface area contributed by atoms with Gasteiger partial charge in [0.1, 0.15) is 11.8 Å². The third-order valence-electron chi connectivity index (χ3n) is 5.23. The number of hydrazine groups is 1. The van der Waals surface area contributed by atoms with E-state index in [1.807, 2.05) is 52.3 Å². The highest BCUT2D eigenvalue weighted by Crippen LogP contribution is 2.23. The number of amides is 2. The van der Waals surface area contributed by atoms with E-state index in [0.29, 0.717) is 39.0 Å². The predicted octanol–water partition coefficient (Wildman–Crippen LogP) is 1.10. The third kappa shape index (κ3) is 4.04. The van der Waals surface area contributed by atoms with Gasteiger partial charge >= 0.3 is 0 Å². The molecule has 2 amide bonds. The van der Waals surface area contributed by atoms with Crippen LogP contribution in [0.4, 0.5) is 0 Å². The molecule has 0 bridgehead atoms. The number of piperazine rings is 1. The SMILES string of the molecule is O=C(Cc1ccccc1)N1CCN(C(=O)C2CC(c3ccco3)NN2)CC1. The molecule has 27 heavy (non-hydrogen) atoms. The molecule has 2 saturated heterocycles. The summed E-state index contributed by atoms with van der Waals surface area (Å²) in [5.41, 5.74) is 7.22. The molecule has 1 aromatic carbocycles. The number of benzene rings is 1. The topological polar surface area (TPSA) is 77.8 Å². The van der Waals surface area contributed by atoms with Crippen molar-refractivity contribution in [1.29, 1.82) is 0 Å². The molecule has 3 heterocycles. The quantitative estimate of drug-likeness (QED) is 0.845. The molecule has 7 nitrogen and oxygen atoms in total. The van der Waals surface area contributed by atoms with Crippen LogP contribution in [0, 0.1) is 0 Å². The van der Waals surface area contributed by atoms with E-state index in [2.05, 4.69) is 10.9 Å². The smallest absolute Gasteiger partial charge is 0.241 e. The fourth-order valence-corrected chi connectivity index (χ4v) is 3.67. The van der Waals surface area contributed by atoms with E-state index in [-0.39, 0.29) is 23.9 Å². The Morgan fingerprint density at radius 2 is 1.70 bits per heavy atom. The number of nitrogens with zero attached hydrogens (tertiary/aromatic N) is 2. The van der Waals surface area contributed by atoms with E-state index < -0.39 is 0 Å². The molecule has 2 N–H and O–H groups in total. The normalized spacial score (nSPS) is 22.8. The molecule has 2 unspecified atom stereocenters. The summed E-state index contributed by atoms with van der Waals surface area (Å²) in [5.74, 6) is 1.02. The van der Waals surface area contributed by atoms with Gasteiger partial charge in [0.05, 0.1) is 18.7 Å². The summed E-state index contributed by atoms with van der Waals surface area (Å²) < 4.78 is 5.41. The van der Waals surface area contributed by atoms with Gasteiger partial charge in [-0.15, -0.1) is 0 Å². The van der Waals surface area contributed by atoms with Gasteiger partial charge in [-0.1, -0.05) is 30.3 Å². The molecule has 1 aromatic heterocycles. The average molecular weight is 368 g/mol. The van der Waals surface area contributed by atoms with E-state index in [1.165, 1.54) is 0 Å². The van der Waals surface area contributed by atoms with Crippen molar-refractivity contribution in [1.82, 2.24) is 20.7 Å². The first-order valence-electron chi connectivity index (χ1n) is 9.35. The molecule has 0 spiro atoms. The van der Waals surface area contributed by atoms with Crippen molar-refractivity contribution >= 4 is 11.8 Å². The first kappa shape index (κ1) is 17.8. The van der Waals surface area contributed by atoms with Crippen molar-refractivity contribution < 1.29 is 14.0 Å². The van der Waals surface area contributed by atoms with Crippen LogP contribution in [-0.2, 0) is 16.0 Å². The summed E-state index contributed by atoms with van der Waals surface area (Å²) in [5, 5.41) is 0. The fourth-order valence-electron chi connectivity index (χ4n) is 3.67. The standard InChI is InChI=1S/C20H24N4O3/c25-19(13-15-5-2-1-3-6-15)23-8-10-24(11-9-23)20(26)17-14-16(21-22-17)18-7-4-12-27-18/h1-7,12,16-17,21-22H,8-11,13-14H2. The second-order valence-electron chi connectivity index (χ2n) is 7.01. The van der Waals surface area contributed by atoms with Crippen LogP contribution in [0.2, 0.25) is 0 Å². The highest BCUT2D eigenvalue weighted by atomic mass is 16.3. The number of rotatable bonds is 4. The highest BCUT2D eigenvalue weighted by molar-refractivity contribution is 5.83. The average Bonchev–Trinajstić information content (AvgIpc) is 3.40. The molecular weight excluding hydrogens is 344 g/mol. The van der Waals surface area contributed by atoms with E-state index in [9.17, 15) is 9.59 Å². The Bertz CT molecular complexity index is 770. The molecule has 0 radical (unpaired) electrons. The van der Waals surface area contributed by atoms with Gasteiger partial charge in [-0.2, -0.15) is 0 Å². The molecule has 0 aliphatic carbocycles. The van der Waals surface area contributed by atoms with Gasteiger partial charge in [-0.05, 0) is 24.1 Å². The Kier molecular flexibility index (Phi) is 5.22. The summed E-state index contributed by atoms with van der Waals surface area (Å²) in [6.07, 6.45) is 2.70. The molecule has 0 saturated carbocycles. The summed E-state index contributed by atoms with van der Waals surface area (Å²) in [6.45, 7) is 2.31. The van der Waals surface area contributed by atoms with Crippen LogP contribution >= 0.6 is 0 Å². The number of furan rings is 1. The second kappa shape index (κ2) is 7.94. The molecule has 2 aromatic rings. The van der Waals surface area contributed by atoms with Gasteiger partial charge in [0.2, 0.25) is 11.8 Å². The van der Waals surface area contributed by atoms with Crippen LogP contribution in [-0.4, -0.2) is 53.8 Å². The molecule has 2 atom stereocenters. The lowest BCUT2D eigenvalue weighted by molar-refractivity contribution is -0.140. The van der Waals surface area contributed by atoms with Gasteiger partial charge in [-0.25, -0.2) is 10.9 Å². The molecule has 2 fully saturated rings. The number of carbonyl (C=O) groups excluding carboxylic acids is 2. The maximum atomic E-state index is 12.8. The first-order valence-corrected chi connectivity index (χ1v) is 9.35. The largest absolute Gasteiger partial charge is 0.468 e. The number of hydrogen-bond acceptors (Lipinski definition) is 5. The minimum absolute atomic E-state index is 0.00249. The molecule has 2 aliphatic heterocycles. The minimum atomic E-state index is -0.272. The Balaban J connectivity index is 1.26. The summed E-state index contributed by atoms with van der Waals surface area (Å²) >= 11 is 0. The lowest BCUT2D eigenvalue weighted by Crippen LogP contribution is -2.54. The van der Waals surface area contributed by atoms with Gasteiger partial charge < -0.3 is 14.2 Å². The fraction of sp³-hybridized carbons (Fsp3) is 0.400. The maximum Gasteiger partial charge on any atom is 0.241 e. The number of nitrogens with one attached hydrogen (secondary N) is 2. The van der Waals surface area contributed by atoms with Crippen molar-refractivity contribution in [3.63, 3.8) is 0 Å². The first-order chi connectivity index (χ1) is 13.2. The van der Waals surface area contributed by atoms with E-state index >= 15 is 0 Å². The monoisotopic (exact) mass is 368 g/mol. The molecule has 2 aliphatic rings. The van der Waals surface area contributed by atoms with E-state index in [0.717, 1.165) is 11.3 Å². The lowest BCUT2D eigenvalue weighted by atomic mass is 10.1. The van der Waals surface area contributed by atoms with Gasteiger partial charge in [0.15, 0.2) is 0 Å². The van der Waals surface area contributed by atoms with Crippen molar-refractivity contribution in [2.24, 2.45) is 0 Å². The molecular formula is C20H24N4O3. The van der Waals surface area contributed by atoms with Crippen LogP contribution in [0.5, 0.6) is 0 Å². The Hall–Kier alpha value is -2.64. The Morgan fingerprint density at radius 1 is 0.963 bits per heavy atom. The lowest BCUT2D eigenvalue weighted by Gasteiger charge is -2.36. The van der Waals surface area contributed by atoms with Crippen LogP contribution in [0.25, 0.3) is 0 Å². The highest BCUT2D eigenvalue weighted by Gasteiger charge is 2.35.